The normalized spacial score (nSPS) is 22.7. The van der Waals surface area contributed by atoms with Gasteiger partial charge in [0.1, 0.15) is 0 Å². The summed E-state index contributed by atoms with van der Waals surface area (Å²) in [5, 5.41) is 0. The number of amides is 1. The van der Waals surface area contributed by atoms with E-state index < -0.39 is 0 Å². The molecule has 0 radical (unpaired) electrons. The van der Waals surface area contributed by atoms with Crippen molar-refractivity contribution in [1.29, 1.82) is 0 Å². The summed E-state index contributed by atoms with van der Waals surface area (Å²) in [6.07, 6.45) is 1.02. The molecule has 1 aliphatic rings. The number of carbonyl (C=O) groups excluding carboxylic acids is 2. The fourth-order valence-corrected chi connectivity index (χ4v) is 1.76. The molecular formula is C10H17NO3. The molecule has 1 aliphatic heterocycles. The third kappa shape index (κ3) is 2.25. The van der Waals surface area contributed by atoms with Gasteiger partial charge in [-0.05, 0) is 20.3 Å². The first kappa shape index (κ1) is 11.0. The second-order valence-corrected chi connectivity index (χ2v) is 3.89. The Hall–Kier alpha value is -1.06. The zero-order valence-corrected chi connectivity index (χ0v) is 8.95. The summed E-state index contributed by atoms with van der Waals surface area (Å²) in [6, 6.07) is 0.223. The molecule has 0 aromatic carbocycles. The van der Waals surface area contributed by atoms with Gasteiger partial charge in [-0.1, -0.05) is 0 Å². The molecule has 4 nitrogen and oxygen atoms in total. The maximum atomic E-state index is 11.6. The van der Waals surface area contributed by atoms with Crippen molar-refractivity contribution in [2.75, 3.05) is 13.7 Å². The van der Waals surface area contributed by atoms with E-state index >= 15 is 0 Å². The van der Waals surface area contributed by atoms with Gasteiger partial charge in [-0.2, -0.15) is 0 Å². The Morgan fingerprint density at radius 1 is 1.57 bits per heavy atom. The number of nitrogens with zero attached hydrogens (tertiary/aromatic N) is 1. The van der Waals surface area contributed by atoms with Crippen molar-refractivity contribution in [2.24, 2.45) is 5.92 Å². The second kappa shape index (κ2) is 4.44. The number of hydrogen-bond acceptors (Lipinski definition) is 3. The summed E-state index contributed by atoms with van der Waals surface area (Å²) < 4.78 is 4.62. The first-order valence-electron chi connectivity index (χ1n) is 4.93. The van der Waals surface area contributed by atoms with Crippen LogP contribution in [0.2, 0.25) is 0 Å². The van der Waals surface area contributed by atoms with Crippen LogP contribution in [-0.2, 0) is 14.3 Å². The molecule has 1 unspecified atom stereocenters. The van der Waals surface area contributed by atoms with Crippen molar-refractivity contribution < 1.29 is 14.3 Å². The van der Waals surface area contributed by atoms with E-state index in [1.165, 1.54) is 7.11 Å². The van der Waals surface area contributed by atoms with Crippen LogP contribution in [0.25, 0.3) is 0 Å². The van der Waals surface area contributed by atoms with Gasteiger partial charge in [0.2, 0.25) is 5.91 Å². The largest absolute Gasteiger partial charge is 0.469 e. The predicted molar refractivity (Wildman–Crippen MR) is 51.6 cm³/mol. The highest BCUT2D eigenvalue weighted by molar-refractivity contribution is 5.84. The number of esters is 1. The number of piperidine rings is 1. The van der Waals surface area contributed by atoms with Gasteiger partial charge in [-0.3, -0.25) is 9.59 Å². The molecule has 1 atom stereocenters. The molecule has 0 bridgehead atoms. The lowest BCUT2D eigenvalue weighted by atomic mass is 9.95. The van der Waals surface area contributed by atoms with Crippen LogP contribution in [0, 0.1) is 5.92 Å². The lowest BCUT2D eigenvalue weighted by Crippen LogP contribution is -2.44. The van der Waals surface area contributed by atoms with Crippen molar-refractivity contribution in [3.05, 3.63) is 0 Å². The van der Waals surface area contributed by atoms with Crippen molar-refractivity contribution in [3.8, 4) is 0 Å². The van der Waals surface area contributed by atoms with Crippen LogP contribution in [0.5, 0.6) is 0 Å². The Morgan fingerprint density at radius 2 is 2.21 bits per heavy atom. The van der Waals surface area contributed by atoms with E-state index in [0.717, 1.165) is 6.42 Å². The third-order valence-corrected chi connectivity index (χ3v) is 2.62. The average molecular weight is 199 g/mol. The summed E-state index contributed by atoms with van der Waals surface area (Å²) >= 11 is 0. The molecule has 1 saturated heterocycles. The number of likely N-dealkylation sites (tertiary alicyclic amines) is 1. The molecular weight excluding hydrogens is 182 g/mol. The van der Waals surface area contributed by atoms with Crippen LogP contribution >= 0.6 is 0 Å². The minimum atomic E-state index is -0.262. The Labute approximate surface area is 84.2 Å². The highest BCUT2D eigenvalue weighted by Gasteiger charge is 2.31. The highest BCUT2D eigenvalue weighted by atomic mass is 16.5. The van der Waals surface area contributed by atoms with E-state index in [1.807, 2.05) is 13.8 Å². The summed E-state index contributed by atoms with van der Waals surface area (Å²) in [4.78, 5) is 24.6. The molecule has 14 heavy (non-hydrogen) atoms. The molecule has 1 fully saturated rings. The quantitative estimate of drug-likeness (QED) is 0.618. The van der Waals surface area contributed by atoms with Gasteiger partial charge >= 0.3 is 5.97 Å². The summed E-state index contributed by atoms with van der Waals surface area (Å²) in [5.74, 6) is -0.439. The van der Waals surface area contributed by atoms with E-state index in [0.29, 0.717) is 13.0 Å². The fourth-order valence-electron chi connectivity index (χ4n) is 1.76. The lowest BCUT2D eigenvalue weighted by Gasteiger charge is -2.33. The minimum absolute atomic E-state index is 0.0571. The van der Waals surface area contributed by atoms with Crippen LogP contribution in [0.1, 0.15) is 26.7 Å². The Morgan fingerprint density at radius 3 is 2.64 bits per heavy atom. The van der Waals surface area contributed by atoms with Crippen molar-refractivity contribution in [1.82, 2.24) is 4.90 Å². The van der Waals surface area contributed by atoms with Crippen LogP contribution in [0.4, 0.5) is 0 Å². The molecule has 1 rings (SSSR count). The Bertz CT molecular complexity index is 238. The summed E-state index contributed by atoms with van der Waals surface area (Å²) in [5.41, 5.74) is 0. The monoisotopic (exact) mass is 199 g/mol. The zero-order chi connectivity index (χ0) is 10.7. The second-order valence-electron chi connectivity index (χ2n) is 3.89. The van der Waals surface area contributed by atoms with E-state index in [4.69, 9.17) is 0 Å². The van der Waals surface area contributed by atoms with Gasteiger partial charge in [-0.25, -0.2) is 0 Å². The van der Waals surface area contributed by atoms with Gasteiger partial charge in [0.05, 0.1) is 13.0 Å². The van der Waals surface area contributed by atoms with Crippen LogP contribution in [0.3, 0.4) is 0 Å². The van der Waals surface area contributed by atoms with Crippen molar-refractivity contribution in [3.63, 3.8) is 0 Å². The first-order valence-corrected chi connectivity index (χ1v) is 4.93. The smallest absolute Gasteiger partial charge is 0.309 e. The number of carbonyl (C=O) groups is 2. The molecule has 0 N–H and O–H groups in total. The lowest BCUT2D eigenvalue weighted by molar-refractivity contribution is -0.152. The van der Waals surface area contributed by atoms with Gasteiger partial charge in [0.15, 0.2) is 0 Å². The van der Waals surface area contributed by atoms with Gasteiger partial charge in [0, 0.05) is 19.0 Å². The van der Waals surface area contributed by atoms with Gasteiger partial charge < -0.3 is 9.64 Å². The molecule has 0 spiro atoms. The molecule has 1 heterocycles. The van der Waals surface area contributed by atoms with Gasteiger partial charge in [0.25, 0.3) is 0 Å². The molecule has 4 heteroatoms. The zero-order valence-electron chi connectivity index (χ0n) is 8.95. The fraction of sp³-hybridized carbons (Fsp3) is 0.800. The van der Waals surface area contributed by atoms with Gasteiger partial charge in [-0.15, -0.1) is 0 Å². The van der Waals surface area contributed by atoms with E-state index in [1.54, 1.807) is 4.90 Å². The van der Waals surface area contributed by atoms with E-state index in [2.05, 4.69) is 4.74 Å². The summed E-state index contributed by atoms with van der Waals surface area (Å²) in [6.45, 7) is 4.63. The van der Waals surface area contributed by atoms with Crippen LogP contribution in [-0.4, -0.2) is 36.5 Å². The van der Waals surface area contributed by atoms with Crippen molar-refractivity contribution >= 4 is 11.9 Å². The summed E-state index contributed by atoms with van der Waals surface area (Å²) in [7, 11) is 1.36. The molecule has 0 aromatic rings. The Kier molecular flexibility index (Phi) is 3.49. The maximum absolute atomic E-state index is 11.6. The number of methoxy groups -OCH3 is 1. The van der Waals surface area contributed by atoms with Crippen molar-refractivity contribution in [2.45, 2.75) is 32.7 Å². The molecule has 80 valence electrons. The molecule has 0 aromatic heterocycles. The number of rotatable bonds is 2. The number of ether oxygens (including phenoxy) is 1. The van der Waals surface area contributed by atoms with Crippen LogP contribution < -0.4 is 0 Å². The van der Waals surface area contributed by atoms with E-state index in [9.17, 15) is 9.59 Å². The minimum Gasteiger partial charge on any atom is -0.469 e. The van der Waals surface area contributed by atoms with E-state index in [-0.39, 0.29) is 23.8 Å². The molecule has 0 saturated carbocycles. The third-order valence-electron chi connectivity index (χ3n) is 2.62. The molecule has 0 aliphatic carbocycles. The van der Waals surface area contributed by atoms with Crippen LogP contribution in [0.15, 0.2) is 0 Å². The first-order chi connectivity index (χ1) is 6.56. The maximum Gasteiger partial charge on any atom is 0.309 e. The molecule has 1 amide bonds. The topological polar surface area (TPSA) is 46.6 Å². The standard InChI is InChI=1S/C10H17NO3/c1-7(2)11-5-4-8(6-9(11)12)10(13)14-3/h7-8H,4-6H2,1-3H3. The SMILES string of the molecule is COC(=O)C1CCN(C(C)C)C(=O)C1. The Balaban J connectivity index is 2.55. The number of hydrogen-bond donors (Lipinski definition) is 0. The highest BCUT2D eigenvalue weighted by Crippen LogP contribution is 2.20. The predicted octanol–water partition coefficient (Wildman–Crippen LogP) is 0.806. The average Bonchev–Trinajstić information content (AvgIpc) is 2.15.